The molecule has 1 aromatic heterocycles. The van der Waals surface area contributed by atoms with Gasteiger partial charge in [-0.3, -0.25) is 0 Å². The lowest BCUT2D eigenvalue weighted by Gasteiger charge is -2.03. The van der Waals surface area contributed by atoms with Crippen molar-refractivity contribution in [1.29, 1.82) is 0 Å². The summed E-state index contributed by atoms with van der Waals surface area (Å²) in [6, 6.07) is 1.63. The van der Waals surface area contributed by atoms with Crippen LogP contribution in [0.3, 0.4) is 0 Å². The molecule has 0 saturated carbocycles. The van der Waals surface area contributed by atoms with Gasteiger partial charge in [0, 0.05) is 4.47 Å². The molecule has 0 amide bonds. The standard InChI is InChI=1S/C7H8Br2O2S2/c1-4(2)13(10,11)6-3-5(8)7(9)12-6/h3-4H,1-2H3. The smallest absolute Gasteiger partial charge is 0.190 e. The van der Waals surface area contributed by atoms with E-state index >= 15 is 0 Å². The van der Waals surface area contributed by atoms with Crippen LogP contribution in [0.25, 0.3) is 0 Å². The average Bonchev–Trinajstić information content (AvgIpc) is 2.32. The molecule has 1 aromatic rings. The highest BCUT2D eigenvalue weighted by atomic mass is 79.9. The van der Waals surface area contributed by atoms with E-state index in [-0.39, 0.29) is 5.25 Å². The summed E-state index contributed by atoms with van der Waals surface area (Å²) in [5.41, 5.74) is 0. The largest absolute Gasteiger partial charge is 0.223 e. The molecule has 2 nitrogen and oxygen atoms in total. The van der Waals surface area contributed by atoms with Crippen LogP contribution in [0.2, 0.25) is 0 Å². The molecule has 13 heavy (non-hydrogen) atoms. The quantitative estimate of drug-likeness (QED) is 0.821. The summed E-state index contributed by atoms with van der Waals surface area (Å²) in [4.78, 5) is 0. The minimum atomic E-state index is -3.12. The molecule has 0 aliphatic heterocycles. The summed E-state index contributed by atoms with van der Waals surface area (Å²) < 4.78 is 25.3. The van der Waals surface area contributed by atoms with Crippen LogP contribution in [0, 0.1) is 0 Å². The molecule has 0 saturated heterocycles. The zero-order valence-electron chi connectivity index (χ0n) is 7.04. The number of hydrogen-bond donors (Lipinski definition) is 0. The summed E-state index contributed by atoms with van der Waals surface area (Å²) >= 11 is 7.75. The molecule has 0 aromatic carbocycles. The Labute approximate surface area is 98.5 Å². The molecule has 0 N–H and O–H groups in total. The first-order valence-corrected chi connectivity index (χ1v) is 7.49. The number of rotatable bonds is 2. The van der Waals surface area contributed by atoms with Gasteiger partial charge in [0.2, 0.25) is 0 Å². The van der Waals surface area contributed by atoms with E-state index in [2.05, 4.69) is 31.9 Å². The molecule has 0 spiro atoms. The van der Waals surface area contributed by atoms with Crippen molar-refractivity contribution in [3.8, 4) is 0 Å². The second-order valence-corrected chi connectivity index (χ2v) is 8.74. The molecule has 6 heteroatoms. The van der Waals surface area contributed by atoms with Crippen molar-refractivity contribution >= 4 is 53.0 Å². The van der Waals surface area contributed by atoms with E-state index in [9.17, 15) is 8.42 Å². The minimum absolute atomic E-state index is 0.370. The van der Waals surface area contributed by atoms with Gasteiger partial charge in [-0.1, -0.05) is 0 Å². The average molecular weight is 348 g/mol. The van der Waals surface area contributed by atoms with Gasteiger partial charge in [0.05, 0.1) is 9.04 Å². The Morgan fingerprint density at radius 2 is 1.92 bits per heavy atom. The molecule has 0 aliphatic rings. The monoisotopic (exact) mass is 346 g/mol. The van der Waals surface area contributed by atoms with Gasteiger partial charge in [-0.2, -0.15) is 0 Å². The van der Waals surface area contributed by atoms with Crippen LogP contribution in [0.1, 0.15) is 13.8 Å². The predicted octanol–water partition coefficient (Wildman–Crippen LogP) is 3.46. The van der Waals surface area contributed by atoms with Gasteiger partial charge >= 0.3 is 0 Å². The Bertz CT molecular complexity index is 387. The van der Waals surface area contributed by atoms with Crippen molar-refractivity contribution in [3.05, 3.63) is 14.3 Å². The lowest BCUT2D eigenvalue weighted by molar-refractivity contribution is 0.589. The Balaban J connectivity index is 3.24. The van der Waals surface area contributed by atoms with Crippen LogP contribution in [0.5, 0.6) is 0 Å². The second kappa shape index (κ2) is 4.00. The second-order valence-electron chi connectivity index (χ2n) is 2.78. The van der Waals surface area contributed by atoms with Crippen LogP contribution in [-0.4, -0.2) is 13.7 Å². The molecule has 0 bridgehead atoms. The van der Waals surface area contributed by atoms with Crippen LogP contribution < -0.4 is 0 Å². The van der Waals surface area contributed by atoms with Gasteiger partial charge in [-0.05, 0) is 51.8 Å². The molecule has 74 valence electrons. The van der Waals surface area contributed by atoms with Gasteiger partial charge in [0.15, 0.2) is 9.84 Å². The molecule has 0 unspecified atom stereocenters. The fourth-order valence-corrected chi connectivity index (χ4v) is 4.98. The topological polar surface area (TPSA) is 34.1 Å². The normalized spacial score (nSPS) is 12.4. The van der Waals surface area contributed by atoms with Crippen molar-refractivity contribution in [2.75, 3.05) is 0 Å². The molecule has 1 rings (SSSR count). The van der Waals surface area contributed by atoms with Crippen molar-refractivity contribution in [2.45, 2.75) is 23.3 Å². The lowest BCUT2D eigenvalue weighted by Crippen LogP contribution is -2.12. The van der Waals surface area contributed by atoms with Crippen molar-refractivity contribution < 1.29 is 8.42 Å². The number of hydrogen-bond acceptors (Lipinski definition) is 3. The zero-order chi connectivity index (χ0) is 10.2. The van der Waals surface area contributed by atoms with Gasteiger partial charge in [0.25, 0.3) is 0 Å². The van der Waals surface area contributed by atoms with Gasteiger partial charge in [0.1, 0.15) is 4.21 Å². The van der Waals surface area contributed by atoms with Gasteiger partial charge < -0.3 is 0 Å². The molecular weight excluding hydrogens is 340 g/mol. The van der Waals surface area contributed by atoms with Crippen LogP contribution in [-0.2, 0) is 9.84 Å². The maximum absolute atomic E-state index is 11.7. The summed E-state index contributed by atoms with van der Waals surface area (Å²) in [5.74, 6) is 0. The van der Waals surface area contributed by atoms with E-state index in [0.717, 1.165) is 8.26 Å². The van der Waals surface area contributed by atoms with Crippen molar-refractivity contribution in [1.82, 2.24) is 0 Å². The van der Waals surface area contributed by atoms with Crippen LogP contribution >= 0.6 is 43.2 Å². The number of sulfone groups is 1. The molecular formula is C7H8Br2O2S2. The number of halogens is 2. The maximum atomic E-state index is 11.7. The fraction of sp³-hybridized carbons (Fsp3) is 0.429. The Kier molecular flexibility index (Phi) is 3.60. The Morgan fingerprint density at radius 3 is 2.23 bits per heavy atom. The lowest BCUT2D eigenvalue weighted by atomic mass is 10.6. The molecule has 1 heterocycles. The van der Waals surface area contributed by atoms with E-state index in [1.165, 1.54) is 11.3 Å². The summed E-state index contributed by atoms with van der Waals surface area (Å²) in [7, 11) is -3.12. The highest BCUT2D eigenvalue weighted by Gasteiger charge is 2.22. The van der Waals surface area contributed by atoms with E-state index in [1.54, 1.807) is 19.9 Å². The Morgan fingerprint density at radius 1 is 1.38 bits per heavy atom. The molecule has 0 radical (unpaired) electrons. The molecule has 0 fully saturated rings. The number of thiophene rings is 1. The first-order chi connectivity index (χ1) is 5.85. The first-order valence-electron chi connectivity index (χ1n) is 3.54. The van der Waals surface area contributed by atoms with Crippen molar-refractivity contribution in [3.63, 3.8) is 0 Å². The summed E-state index contributed by atoms with van der Waals surface area (Å²) in [6.07, 6.45) is 0. The van der Waals surface area contributed by atoms with Gasteiger partial charge in [-0.25, -0.2) is 8.42 Å². The Hall–Kier alpha value is 0.610. The van der Waals surface area contributed by atoms with Gasteiger partial charge in [-0.15, -0.1) is 11.3 Å². The fourth-order valence-electron chi connectivity index (χ4n) is 0.699. The highest BCUT2D eigenvalue weighted by molar-refractivity contribution is 9.13. The summed E-state index contributed by atoms with van der Waals surface area (Å²) in [5, 5.41) is -0.370. The van der Waals surface area contributed by atoms with E-state index < -0.39 is 9.84 Å². The van der Waals surface area contributed by atoms with Crippen LogP contribution in [0.4, 0.5) is 0 Å². The predicted molar refractivity (Wildman–Crippen MR) is 62.0 cm³/mol. The first kappa shape index (κ1) is 11.7. The zero-order valence-corrected chi connectivity index (χ0v) is 11.8. The SMILES string of the molecule is CC(C)S(=O)(=O)c1cc(Br)c(Br)s1. The van der Waals surface area contributed by atoms with Crippen molar-refractivity contribution in [2.24, 2.45) is 0 Å². The minimum Gasteiger partial charge on any atom is -0.223 e. The maximum Gasteiger partial charge on any atom is 0.190 e. The third-order valence-electron chi connectivity index (χ3n) is 1.52. The third-order valence-corrected chi connectivity index (χ3v) is 7.44. The van der Waals surface area contributed by atoms with E-state index in [0.29, 0.717) is 4.21 Å². The summed E-state index contributed by atoms with van der Waals surface area (Å²) in [6.45, 7) is 3.35. The highest BCUT2D eigenvalue weighted by Crippen LogP contribution is 2.36. The van der Waals surface area contributed by atoms with Crippen LogP contribution in [0.15, 0.2) is 18.5 Å². The third kappa shape index (κ3) is 2.34. The van der Waals surface area contributed by atoms with E-state index in [4.69, 9.17) is 0 Å². The molecule has 0 aliphatic carbocycles. The van der Waals surface area contributed by atoms with E-state index in [1.807, 2.05) is 0 Å². The molecule has 0 atom stereocenters.